The van der Waals surface area contributed by atoms with Crippen molar-refractivity contribution in [2.24, 2.45) is 0 Å². The van der Waals surface area contributed by atoms with Crippen molar-refractivity contribution in [1.29, 1.82) is 0 Å². The summed E-state index contributed by atoms with van der Waals surface area (Å²) in [6, 6.07) is 13.5. The van der Waals surface area contributed by atoms with E-state index in [9.17, 15) is 4.79 Å². The topological polar surface area (TPSA) is 44.1 Å². The third kappa shape index (κ3) is 2.37. The summed E-state index contributed by atoms with van der Waals surface area (Å²) < 4.78 is 7.00. The fourth-order valence-corrected chi connectivity index (χ4v) is 2.52. The lowest BCUT2D eigenvalue weighted by Crippen LogP contribution is -2.24. The maximum atomic E-state index is 12.8. The number of hydrogen-bond acceptors (Lipinski definition) is 3. The molecule has 0 saturated heterocycles. The van der Waals surface area contributed by atoms with Crippen LogP contribution in [-0.4, -0.2) is 16.7 Å². The van der Waals surface area contributed by atoms with E-state index in [2.05, 4.69) is 4.98 Å². The fourth-order valence-electron chi connectivity index (χ4n) is 2.52. The van der Waals surface area contributed by atoms with Crippen molar-refractivity contribution < 1.29 is 4.74 Å². The van der Waals surface area contributed by atoms with Crippen molar-refractivity contribution in [3.8, 4) is 11.4 Å². The number of ether oxygens (including phenoxy) is 1. The van der Waals surface area contributed by atoms with Gasteiger partial charge in [-0.3, -0.25) is 9.36 Å². The van der Waals surface area contributed by atoms with E-state index in [0.717, 1.165) is 22.3 Å². The SMILES string of the molecule is CCc1nc2ccc(OC)cc2n(-c2ccc(C)cc2)c1=O. The summed E-state index contributed by atoms with van der Waals surface area (Å²) in [5, 5.41) is 0. The predicted molar refractivity (Wildman–Crippen MR) is 88.0 cm³/mol. The molecule has 112 valence electrons. The van der Waals surface area contributed by atoms with Gasteiger partial charge in [0, 0.05) is 11.8 Å². The minimum Gasteiger partial charge on any atom is -0.497 e. The van der Waals surface area contributed by atoms with Crippen molar-refractivity contribution >= 4 is 11.0 Å². The van der Waals surface area contributed by atoms with Crippen LogP contribution in [-0.2, 0) is 6.42 Å². The van der Waals surface area contributed by atoms with Crippen LogP contribution in [0.5, 0.6) is 5.75 Å². The molecule has 0 aliphatic heterocycles. The van der Waals surface area contributed by atoms with Gasteiger partial charge in [-0.1, -0.05) is 24.6 Å². The number of nitrogens with zero attached hydrogens (tertiary/aromatic N) is 2. The Balaban J connectivity index is 2.40. The molecule has 3 rings (SSSR count). The van der Waals surface area contributed by atoms with Crippen molar-refractivity contribution in [1.82, 2.24) is 9.55 Å². The molecular formula is C18H18N2O2. The predicted octanol–water partition coefficient (Wildman–Crippen LogP) is 3.27. The Labute approximate surface area is 129 Å². The van der Waals surface area contributed by atoms with Gasteiger partial charge in [-0.2, -0.15) is 0 Å². The standard InChI is InChI=1S/C18H18N2O2/c1-4-15-18(21)20(13-7-5-12(2)6-8-13)17-11-14(22-3)9-10-16(17)19-15/h5-11H,4H2,1-3H3. The Kier molecular flexibility index (Phi) is 3.67. The van der Waals surface area contributed by atoms with Gasteiger partial charge in [0.25, 0.3) is 5.56 Å². The number of aromatic nitrogens is 2. The molecule has 2 aromatic carbocycles. The van der Waals surface area contributed by atoms with Gasteiger partial charge in [0.05, 0.1) is 18.1 Å². The molecule has 0 unspecified atom stereocenters. The second-order valence-electron chi connectivity index (χ2n) is 5.24. The van der Waals surface area contributed by atoms with Gasteiger partial charge in [-0.25, -0.2) is 4.98 Å². The van der Waals surface area contributed by atoms with E-state index in [-0.39, 0.29) is 5.56 Å². The van der Waals surface area contributed by atoms with Crippen molar-refractivity contribution in [2.75, 3.05) is 7.11 Å². The van der Waals surface area contributed by atoms with Crippen LogP contribution in [0.2, 0.25) is 0 Å². The molecule has 4 heteroatoms. The lowest BCUT2D eigenvalue weighted by atomic mass is 10.2. The van der Waals surface area contributed by atoms with Crippen LogP contribution in [0.15, 0.2) is 47.3 Å². The number of methoxy groups -OCH3 is 1. The molecule has 0 N–H and O–H groups in total. The lowest BCUT2D eigenvalue weighted by molar-refractivity contribution is 0.415. The summed E-state index contributed by atoms with van der Waals surface area (Å²) in [7, 11) is 1.61. The molecule has 0 bridgehead atoms. The summed E-state index contributed by atoms with van der Waals surface area (Å²) >= 11 is 0. The van der Waals surface area contributed by atoms with E-state index in [1.807, 2.05) is 56.3 Å². The average molecular weight is 294 g/mol. The molecule has 0 atom stereocenters. The molecule has 0 saturated carbocycles. The van der Waals surface area contributed by atoms with Crippen molar-refractivity contribution in [3.63, 3.8) is 0 Å². The molecule has 22 heavy (non-hydrogen) atoms. The summed E-state index contributed by atoms with van der Waals surface area (Å²) in [5.41, 5.74) is 4.03. The largest absolute Gasteiger partial charge is 0.497 e. The second-order valence-corrected chi connectivity index (χ2v) is 5.24. The van der Waals surface area contributed by atoms with Crippen LogP contribution in [0, 0.1) is 6.92 Å². The fraction of sp³-hybridized carbons (Fsp3) is 0.222. The van der Waals surface area contributed by atoms with Gasteiger partial charge >= 0.3 is 0 Å². The number of rotatable bonds is 3. The molecule has 0 amide bonds. The molecule has 1 heterocycles. The first kappa shape index (κ1) is 14.3. The summed E-state index contributed by atoms with van der Waals surface area (Å²) in [6.45, 7) is 3.97. The molecular weight excluding hydrogens is 276 g/mol. The van der Waals surface area contributed by atoms with E-state index in [4.69, 9.17) is 4.74 Å². The molecule has 3 aromatic rings. The first-order valence-corrected chi connectivity index (χ1v) is 7.30. The van der Waals surface area contributed by atoms with E-state index in [1.54, 1.807) is 11.7 Å². The zero-order chi connectivity index (χ0) is 15.7. The van der Waals surface area contributed by atoms with Crippen LogP contribution in [0.25, 0.3) is 16.7 Å². The Morgan fingerprint density at radius 3 is 2.50 bits per heavy atom. The second kappa shape index (κ2) is 5.64. The number of hydrogen-bond donors (Lipinski definition) is 0. The van der Waals surface area contributed by atoms with Crippen molar-refractivity contribution in [2.45, 2.75) is 20.3 Å². The zero-order valence-electron chi connectivity index (χ0n) is 13.0. The third-order valence-corrected chi connectivity index (χ3v) is 3.76. The van der Waals surface area contributed by atoms with Gasteiger partial charge in [0.15, 0.2) is 0 Å². The van der Waals surface area contributed by atoms with Crippen LogP contribution >= 0.6 is 0 Å². The van der Waals surface area contributed by atoms with Crippen LogP contribution in [0.4, 0.5) is 0 Å². The highest BCUT2D eigenvalue weighted by Crippen LogP contribution is 2.21. The Morgan fingerprint density at radius 2 is 1.86 bits per heavy atom. The molecule has 1 aromatic heterocycles. The summed E-state index contributed by atoms with van der Waals surface area (Å²) in [5.74, 6) is 0.707. The van der Waals surface area contributed by atoms with E-state index in [0.29, 0.717) is 17.9 Å². The van der Waals surface area contributed by atoms with E-state index in [1.165, 1.54) is 0 Å². The highest BCUT2D eigenvalue weighted by molar-refractivity contribution is 5.78. The minimum absolute atomic E-state index is 0.0768. The van der Waals surface area contributed by atoms with E-state index < -0.39 is 0 Å². The monoisotopic (exact) mass is 294 g/mol. The average Bonchev–Trinajstić information content (AvgIpc) is 2.55. The molecule has 0 fully saturated rings. The molecule has 0 aliphatic rings. The molecule has 4 nitrogen and oxygen atoms in total. The normalized spacial score (nSPS) is 10.9. The zero-order valence-corrected chi connectivity index (χ0v) is 13.0. The lowest BCUT2D eigenvalue weighted by Gasteiger charge is -2.13. The van der Waals surface area contributed by atoms with Crippen LogP contribution in [0.3, 0.4) is 0 Å². The highest BCUT2D eigenvalue weighted by Gasteiger charge is 2.12. The molecule has 0 aliphatic carbocycles. The molecule has 0 spiro atoms. The Bertz CT molecular complexity index is 880. The smallest absolute Gasteiger partial charge is 0.277 e. The first-order chi connectivity index (χ1) is 10.6. The first-order valence-electron chi connectivity index (χ1n) is 7.30. The van der Waals surface area contributed by atoms with Gasteiger partial charge < -0.3 is 4.74 Å². The number of benzene rings is 2. The number of fused-ring (bicyclic) bond motifs is 1. The number of aryl methyl sites for hydroxylation is 2. The third-order valence-electron chi connectivity index (χ3n) is 3.76. The van der Waals surface area contributed by atoms with Gasteiger partial charge in [-0.15, -0.1) is 0 Å². The Hall–Kier alpha value is -2.62. The highest BCUT2D eigenvalue weighted by atomic mass is 16.5. The van der Waals surface area contributed by atoms with Crippen LogP contribution < -0.4 is 10.3 Å². The van der Waals surface area contributed by atoms with Gasteiger partial charge in [0.1, 0.15) is 11.4 Å². The Morgan fingerprint density at radius 1 is 1.14 bits per heavy atom. The van der Waals surface area contributed by atoms with E-state index >= 15 is 0 Å². The maximum absolute atomic E-state index is 12.8. The summed E-state index contributed by atoms with van der Waals surface area (Å²) in [6.07, 6.45) is 0.604. The molecule has 0 radical (unpaired) electrons. The van der Waals surface area contributed by atoms with Gasteiger partial charge in [0.2, 0.25) is 0 Å². The quantitative estimate of drug-likeness (QED) is 0.744. The maximum Gasteiger partial charge on any atom is 0.277 e. The van der Waals surface area contributed by atoms with Gasteiger partial charge in [-0.05, 0) is 37.6 Å². The minimum atomic E-state index is -0.0768. The van der Waals surface area contributed by atoms with Crippen LogP contribution in [0.1, 0.15) is 18.2 Å². The summed E-state index contributed by atoms with van der Waals surface area (Å²) in [4.78, 5) is 17.2. The van der Waals surface area contributed by atoms with Crippen molar-refractivity contribution in [3.05, 3.63) is 64.1 Å².